The van der Waals surface area contributed by atoms with Crippen molar-refractivity contribution in [2.45, 2.75) is 30.1 Å². The Labute approximate surface area is 81.1 Å². The molecule has 0 aromatic carbocycles. The van der Waals surface area contributed by atoms with E-state index >= 15 is 0 Å². The van der Waals surface area contributed by atoms with Crippen LogP contribution in [0.2, 0.25) is 3.93 Å². The van der Waals surface area contributed by atoms with E-state index in [0.717, 1.165) is 6.42 Å². The predicted octanol–water partition coefficient (Wildman–Crippen LogP) is 2.32. The summed E-state index contributed by atoms with van der Waals surface area (Å²) in [7, 11) is 0. The van der Waals surface area contributed by atoms with Gasteiger partial charge in [0.25, 0.3) is 0 Å². The molecule has 0 fully saturated rings. The molecule has 0 heterocycles. The third-order valence-electron chi connectivity index (χ3n) is 1.36. The van der Waals surface area contributed by atoms with E-state index in [1.807, 2.05) is 6.08 Å². The van der Waals surface area contributed by atoms with Crippen molar-refractivity contribution >= 4 is 5.97 Å². The molecule has 0 aromatic heterocycles. The fraction of sp³-hybridized carbons (Fsp3) is 0.625. The van der Waals surface area contributed by atoms with Gasteiger partial charge in [0, 0.05) is 0 Å². The van der Waals surface area contributed by atoms with Gasteiger partial charge < -0.3 is 0 Å². The van der Waals surface area contributed by atoms with Crippen molar-refractivity contribution < 1.29 is 32.5 Å². The van der Waals surface area contributed by atoms with Crippen molar-refractivity contribution in [3.8, 4) is 0 Å². The summed E-state index contributed by atoms with van der Waals surface area (Å²) in [6, 6.07) is 0. The minimum absolute atomic E-state index is 0.0876. The van der Waals surface area contributed by atoms with Gasteiger partial charge in [0.1, 0.15) is 0 Å². The maximum atomic E-state index is 10.3. The van der Waals surface area contributed by atoms with Crippen molar-refractivity contribution in [2.75, 3.05) is 0 Å². The fourth-order valence-corrected chi connectivity index (χ4v) is 4.63. The molecule has 0 amide bonds. The molecule has 0 spiro atoms. The molecular weight excluding hydrogens is 329 g/mol. The molecule has 0 saturated heterocycles. The number of unbranched alkanes of at least 4 members (excludes halogenated alkanes) is 2. The fourth-order valence-electron chi connectivity index (χ4n) is 0.783. The molecule has 0 aromatic rings. The summed E-state index contributed by atoms with van der Waals surface area (Å²) in [4.78, 5) is 10.3. The molecule has 0 aliphatic carbocycles. The van der Waals surface area contributed by atoms with Gasteiger partial charge in [-0.3, -0.25) is 0 Å². The van der Waals surface area contributed by atoms with Crippen LogP contribution >= 0.6 is 0 Å². The van der Waals surface area contributed by atoms with Crippen LogP contribution in [0.4, 0.5) is 0 Å². The molecule has 0 atom stereocenters. The molecule has 0 N–H and O–H groups in total. The Hall–Kier alpha value is 0.145. The Bertz CT molecular complexity index is 123. The van der Waals surface area contributed by atoms with E-state index in [0.29, 0.717) is 0 Å². The number of carbonyl (C=O) groups is 1. The van der Waals surface area contributed by atoms with E-state index < -0.39 is 25.0 Å². The van der Waals surface area contributed by atoms with Crippen LogP contribution in [0.1, 0.15) is 26.2 Å². The van der Waals surface area contributed by atoms with E-state index in [9.17, 15) is 4.79 Å². The van der Waals surface area contributed by atoms with Crippen LogP contribution in [-0.2, 0) is 32.5 Å². The molecule has 0 saturated carbocycles. The summed E-state index contributed by atoms with van der Waals surface area (Å²) in [5.41, 5.74) is 0. The monoisotopic (exact) mass is 344 g/mol. The van der Waals surface area contributed by atoms with Crippen LogP contribution in [0.5, 0.6) is 0 Å². The molecule has 0 unspecified atom stereocenters. The van der Waals surface area contributed by atoms with Gasteiger partial charge >= 0.3 is 81.2 Å². The zero-order valence-electron chi connectivity index (χ0n) is 7.14. The van der Waals surface area contributed by atoms with Gasteiger partial charge in [-0.1, -0.05) is 0 Å². The Balaban J connectivity index is 2.90. The number of hydrogen-bond acceptors (Lipinski definition) is 2. The summed E-state index contributed by atoms with van der Waals surface area (Å²) in [6.45, 7) is 5.13. The van der Waals surface area contributed by atoms with Gasteiger partial charge in [0.2, 0.25) is 0 Å². The van der Waals surface area contributed by atoms with Crippen LogP contribution in [0.25, 0.3) is 0 Å². The van der Waals surface area contributed by atoms with Crippen molar-refractivity contribution in [1.82, 2.24) is 0 Å². The summed E-state index contributed by atoms with van der Waals surface area (Å²) >= 11 is -1.21. The first-order valence-electron chi connectivity index (χ1n) is 4.01. The Morgan fingerprint density at radius 3 is 2.91 bits per heavy atom. The van der Waals surface area contributed by atoms with E-state index in [1.165, 1.54) is 23.7 Å². The second-order valence-corrected chi connectivity index (χ2v) is 7.94. The zero-order valence-corrected chi connectivity index (χ0v) is 12.6. The molecule has 2 nitrogen and oxygen atoms in total. The van der Waals surface area contributed by atoms with Crippen LogP contribution in [0.15, 0.2) is 12.7 Å². The van der Waals surface area contributed by atoms with Crippen molar-refractivity contribution in [3.05, 3.63) is 12.7 Å². The Morgan fingerprint density at radius 2 is 2.36 bits per heavy atom. The van der Waals surface area contributed by atoms with Crippen LogP contribution in [-0.4, -0.2) is 5.97 Å². The molecule has 0 bridgehead atoms. The molecule has 0 aliphatic heterocycles. The molecule has 0 aliphatic rings. The first-order valence-corrected chi connectivity index (χ1v) is 10.1. The second-order valence-electron chi connectivity index (χ2n) is 2.48. The van der Waals surface area contributed by atoms with Crippen molar-refractivity contribution in [2.24, 2.45) is 0 Å². The van der Waals surface area contributed by atoms with E-state index in [-0.39, 0.29) is 5.97 Å². The van der Waals surface area contributed by atoms with Gasteiger partial charge in [0.15, 0.2) is 0 Å². The normalized spacial score (nSPS) is 8.45. The molecular formula is C8H14HgO2. The molecule has 0 radical (unpaired) electrons. The first-order chi connectivity index (χ1) is 5.27. The Morgan fingerprint density at radius 1 is 1.64 bits per heavy atom. The standard InChI is InChI=1S/C6H11.C2H4O2.Hg/c1-3-5-6-4-2;1-2(3)4;/h3H,1-2,4-6H2;1H3,(H,3,4);/q;;+1/p-1. The minimum atomic E-state index is -1.21. The molecule has 3 heteroatoms. The van der Waals surface area contributed by atoms with Crippen LogP contribution < -0.4 is 0 Å². The van der Waals surface area contributed by atoms with Crippen LogP contribution in [0, 0.1) is 0 Å². The van der Waals surface area contributed by atoms with Gasteiger partial charge in [-0.25, -0.2) is 0 Å². The predicted molar refractivity (Wildman–Crippen MR) is 40.6 cm³/mol. The average Bonchev–Trinajstić information content (AvgIpc) is 1.96. The topological polar surface area (TPSA) is 26.3 Å². The quantitative estimate of drug-likeness (QED) is 0.421. The van der Waals surface area contributed by atoms with E-state index in [4.69, 9.17) is 2.64 Å². The van der Waals surface area contributed by atoms with Gasteiger partial charge in [-0.05, 0) is 0 Å². The second kappa shape index (κ2) is 8.24. The third kappa shape index (κ3) is 10.1. The SMILES string of the molecule is C=CCCC[CH2][Hg][O]C(C)=O. The number of allylic oxidation sites excluding steroid dienone is 1. The number of rotatable bonds is 6. The average molecular weight is 343 g/mol. The van der Waals surface area contributed by atoms with Crippen molar-refractivity contribution in [3.63, 3.8) is 0 Å². The summed E-state index contributed by atoms with van der Waals surface area (Å²) < 4.78 is 6.17. The van der Waals surface area contributed by atoms with Gasteiger partial charge in [-0.2, -0.15) is 0 Å². The third-order valence-corrected chi connectivity index (χ3v) is 6.80. The first kappa shape index (κ1) is 11.1. The van der Waals surface area contributed by atoms with E-state index in [2.05, 4.69) is 6.58 Å². The molecule has 0 rings (SSSR count). The maximum absolute atomic E-state index is 10.3. The van der Waals surface area contributed by atoms with E-state index in [1.54, 1.807) is 0 Å². The Kier molecular flexibility index (Phi) is 8.35. The van der Waals surface area contributed by atoms with Crippen LogP contribution in [0.3, 0.4) is 0 Å². The zero-order chi connectivity index (χ0) is 8.53. The molecule has 60 valence electrons. The van der Waals surface area contributed by atoms with Crippen molar-refractivity contribution in [1.29, 1.82) is 0 Å². The molecule has 11 heavy (non-hydrogen) atoms. The van der Waals surface area contributed by atoms with Gasteiger partial charge in [0.05, 0.1) is 0 Å². The summed E-state index contributed by atoms with van der Waals surface area (Å²) in [5.74, 6) is -0.0876. The number of hydrogen-bond donors (Lipinski definition) is 0. The van der Waals surface area contributed by atoms with Gasteiger partial charge in [-0.15, -0.1) is 0 Å². The number of carbonyl (C=O) groups excluding carboxylic acids is 1. The summed E-state index contributed by atoms with van der Waals surface area (Å²) in [6.07, 6.45) is 5.43. The summed E-state index contributed by atoms with van der Waals surface area (Å²) in [5, 5.41) is 0.